The van der Waals surface area contributed by atoms with Gasteiger partial charge in [0.1, 0.15) is 29.6 Å². The Morgan fingerprint density at radius 2 is 1.74 bits per heavy atom. The summed E-state index contributed by atoms with van der Waals surface area (Å²) in [6.45, 7) is 4.56. The Bertz CT molecular complexity index is 915. The molecule has 14 atom stereocenters. The van der Waals surface area contributed by atoms with Gasteiger partial charge in [0.2, 0.25) is 5.91 Å². The van der Waals surface area contributed by atoms with Crippen LogP contribution in [0, 0.1) is 47.3 Å². The third-order valence-electron chi connectivity index (χ3n) is 11.2. The number of morpholine rings is 1. The van der Waals surface area contributed by atoms with Crippen molar-refractivity contribution in [3.05, 3.63) is 0 Å². The van der Waals surface area contributed by atoms with E-state index in [0.29, 0.717) is 45.6 Å². The summed E-state index contributed by atoms with van der Waals surface area (Å²) >= 11 is 0. The molecule has 222 valence electrons. The average Bonchev–Trinajstić information content (AvgIpc) is 2.90. The van der Waals surface area contributed by atoms with Crippen LogP contribution in [-0.2, 0) is 14.3 Å². The Hall–Kier alpha value is -1.18. The lowest BCUT2D eigenvalue weighted by atomic mass is 9.47. The summed E-state index contributed by atoms with van der Waals surface area (Å²) in [5, 5.41) is 68.0. The number of fused-ring (bicyclic) bond motifs is 3. The molecule has 1 amide bonds. The quantitative estimate of drug-likeness (QED) is 0.192. The Morgan fingerprint density at radius 3 is 2.38 bits per heavy atom. The second-order valence-electron chi connectivity index (χ2n) is 12.9. The molecule has 39 heavy (non-hydrogen) atoms. The van der Waals surface area contributed by atoms with Crippen molar-refractivity contribution in [1.82, 2.24) is 4.90 Å². The molecule has 5 fully saturated rings. The predicted molar refractivity (Wildman–Crippen MR) is 137 cm³/mol. The van der Waals surface area contributed by atoms with Gasteiger partial charge >= 0.3 is 0 Å². The smallest absolute Gasteiger partial charge is 0.230 e. The Balaban J connectivity index is 1.38. The predicted octanol–water partition coefficient (Wildman–Crippen LogP) is -1.40. The van der Waals surface area contributed by atoms with Crippen molar-refractivity contribution < 1.29 is 45.0 Å². The fourth-order valence-corrected chi connectivity index (χ4v) is 9.19. The minimum absolute atomic E-state index is 0.0445. The van der Waals surface area contributed by atoms with E-state index in [2.05, 4.69) is 0 Å². The number of ketones is 1. The number of carbonyl (C=O) groups is 2. The van der Waals surface area contributed by atoms with Crippen molar-refractivity contribution in [1.29, 1.82) is 0 Å². The highest BCUT2D eigenvalue weighted by atomic mass is 16.5. The van der Waals surface area contributed by atoms with Gasteiger partial charge in [0.05, 0.1) is 31.5 Å². The van der Waals surface area contributed by atoms with Gasteiger partial charge in [-0.3, -0.25) is 14.5 Å². The maximum absolute atomic E-state index is 12.7. The zero-order valence-corrected chi connectivity index (χ0v) is 22.7. The molecule has 4 aliphatic carbocycles. The topological polar surface area (TPSA) is 194 Å². The van der Waals surface area contributed by atoms with Crippen LogP contribution in [0.2, 0.25) is 0 Å². The van der Waals surface area contributed by atoms with E-state index < -0.39 is 71.6 Å². The highest BCUT2D eigenvalue weighted by Crippen LogP contribution is 2.59. The van der Waals surface area contributed by atoms with Gasteiger partial charge in [-0.25, -0.2) is 0 Å². The molecule has 0 aromatic rings. The summed E-state index contributed by atoms with van der Waals surface area (Å²) in [5.41, 5.74) is 3.20. The van der Waals surface area contributed by atoms with Crippen LogP contribution in [0.25, 0.3) is 0 Å². The molecular weight excluding hydrogens is 508 g/mol. The van der Waals surface area contributed by atoms with Gasteiger partial charge in [-0.15, -0.1) is 0 Å². The SMILES string of the molecule is CCC1CC(CCC(O)N2CCOCC2)C2C[C@H]3C[C@H]4CC(=O)C(C(N)=O)C(O)[C@@]4(O)C(O)C3C(O)C2C1O. The minimum atomic E-state index is -2.16. The third kappa shape index (κ3) is 4.86. The lowest BCUT2D eigenvalue weighted by Gasteiger charge is -2.61. The van der Waals surface area contributed by atoms with Gasteiger partial charge < -0.3 is 41.1 Å². The van der Waals surface area contributed by atoms with Crippen LogP contribution in [0.1, 0.15) is 51.9 Å². The highest BCUT2D eigenvalue weighted by Gasteiger charge is 2.67. The lowest BCUT2D eigenvalue weighted by molar-refractivity contribution is -0.273. The van der Waals surface area contributed by atoms with Crippen molar-refractivity contribution in [2.24, 2.45) is 53.1 Å². The van der Waals surface area contributed by atoms with Crippen LogP contribution in [0.15, 0.2) is 0 Å². The van der Waals surface area contributed by atoms with Crippen LogP contribution in [-0.4, -0.2) is 110 Å². The van der Waals surface area contributed by atoms with Crippen molar-refractivity contribution in [2.45, 2.75) is 88.1 Å². The number of aliphatic hydroxyl groups excluding tert-OH is 5. The van der Waals surface area contributed by atoms with Crippen LogP contribution < -0.4 is 5.73 Å². The summed E-state index contributed by atoms with van der Waals surface area (Å²) in [4.78, 5) is 26.6. The molecule has 4 saturated carbocycles. The molecule has 1 saturated heterocycles. The van der Waals surface area contributed by atoms with Crippen LogP contribution in [0.3, 0.4) is 0 Å². The van der Waals surface area contributed by atoms with Gasteiger partial charge in [0.25, 0.3) is 0 Å². The summed E-state index contributed by atoms with van der Waals surface area (Å²) < 4.78 is 5.40. The zero-order valence-electron chi connectivity index (χ0n) is 22.7. The molecule has 11 nitrogen and oxygen atoms in total. The molecular formula is C28H46N2O9. The number of rotatable bonds is 6. The van der Waals surface area contributed by atoms with Crippen molar-refractivity contribution in [3.8, 4) is 0 Å². The second kappa shape index (κ2) is 11.2. The van der Waals surface area contributed by atoms with Crippen molar-refractivity contribution >= 4 is 11.7 Å². The molecule has 0 aromatic carbocycles. The first-order chi connectivity index (χ1) is 18.5. The van der Waals surface area contributed by atoms with Crippen LogP contribution >= 0.6 is 0 Å². The molecule has 11 heteroatoms. The molecule has 1 aliphatic heterocycles. The largest absolute Gasteiger partial charge is 0.392 e. The van der Waals surface area contributed by atoms with Gasteiger partial charge in [-0.2, -0.15) is 0 Å². The first kappa shape index (κ1) is 29.3. The summed E-state index contributed by atoms with van der Waals surface area (Å²) in [7, 11) is 0. The van der Waals surface area contributed by atoms with E-state index in [1.54, 1.807) is 0 Å². The zero-order chi connectivity index (χ0) is 28.2. The number of primary amides is 1. The van der Waals surface area contributed by atoms with Crippen molar-refractivity contribution in [3.63, 3.8) is 0 Å². The van der Waals surface area contributed by atoms with Gasteiger partial charge in [-0.1, -0.05) is 13.3 Å². The summed E-state index contributed by atoms with van der Waals surface area (Å²) in [6, 6.07) is 0. The van der Waals surface area contributed by atoms with Gasteiger partial charge in [0, 0.05) is 31.3 Å². The van der Waals surface area contributed by atoms with E-state index in [1.165, 1.54) is 0 Å². The molecule has 8 N–H and O–H groups in total. The number of carbonyl (C=O) groups excluding carboxylic acids is 2. The maximum atomic E-state index is 12.7. The van der Waals surface area contributed by atoms with E-state index in [9.17, 15) is 40.2 Å². The molecule has 0 aromatic heterocycles. The van der Waals surface area contributed by atoms with Crippen LogP contribution in [0.4, 0.5) is 0 Å². The van der Waals surface area contributed by atoms with E-state index in [-0.39, 0.29) is 30.1 Å². The van der Waals surface area contributed by atoms with Gasteiger partial charge in [0.15, 0.2) is 0 Å². The molecule has 11 unspecified atom stereocenters. The lowest BCUT2D eigenvalue weighted by Crippen LogP contribution is -2.73. The number of ether oxygens (including phenoxy) is 1. The highest BCUT2D eigenvalue weighted by molar-refractivity contribution is 6.02. The molecule has 5 rings (SSSR count). The monoisotopic (exact) mass is 554 g/mol. The van der Waals surface area contributed by atoms with E-state index >= 15 is 0 Å². The normalized spacial score (nSPS) is 49.5. The molecule has 0 bridgehead atoms. The Morgan fingerprint density at radius 1 is 1.05 bits per heavy atom. The summed E-state index contributed by atoms with van der Waals surface area (Å²) in [6.07, 6.45) is -2.40. The first-order valence-electron chi connectivity index (χ1n) is 14.8. The maximum Gasteiger partial charge on any atom is 0.230 e. The average molecular weight is 555 g/mol. The molecule has 1 heterocycles. The Labute approximate surface area is 229 Å². The molecule has 5 aliphatic rings. The first-order valence-corrected chi connectivity index (χ1v) is 14.8. The number of hydrogen-bond acceptors (Lipinski definition) is 10. The number of nitrogens with two attached hydrogens (primary N) is 1. The number of Topliss-reactive ketones (excluding diaryl/α,β-unsaturated/α-hetero) is 1. The van der Waals surface area contributed by atoms with Crippen LogP contribution in [0.5, 0.6) is 0 Å². The van der Waals surface area contributed by atoms with E-state index in [4.69, 9.17) is 10.5 Å². The van der Waals surface area contributed by atoms with E-state index in [0.717, 1.165) is 19.3 Å². The molecule has 0 radical (unpaired) electrons. The fraction of sp³-hybridized carbons (Fsp3) is 0.929. The van der Waals surface area contributed by atoms with Crippen molar-refractivity contribution in [2.75, 3.05) is 26.3 Å². The fourth-order valence-electron chi connectivity index (χ4n) is 9.19. The number of hydrogen-bond donors (Lipinski definition) is 7. The molecule has 0 spiro atoms. The van der Waals surface area contributed by atoms with Gasteiger partial charge in [-0.05, 0) is 61.7 Å². The van der Waals surface area contributed by atoms with E-state index in [1.807, 2.05) is 11.8 Å². The second-order valence-corrected chi connectivity index (χ2v) is 12.9. The number of aliphatic hydroxyl groups is 6. The third-order valence-corrected chi connectivity index (χ3v) is 11.2. The number of nitrogens with zero attached hydrogens (tertiary/aromatic N) is 1. The summed E-state index contributed by atoms with van der Waals surface area (Å²) in [5.74, 6) is -5.49. The minimum Gasteiger partial charge on any atom is -0.392 e. The number of amides is 1. The standard InChI is InChI=1S/C28H46N2O9/c1-2-13-9-14(3-4-19(32)30-5-7-39-8-6-30)17-11-15-10-16-12-18(31)22(27(29)37)26(36)28(16,38)25(35)20(15)24(34)21(17)23(13)33/h13-17,19-26,32-36,38H,2-12H2,1H3,(H2,29,37)/t13?,14?,15-,16+,17?,19?,20?,21?,22?,23?,24?,25?,26?,28+/m1/s1. The Kier molecular flexibility index (Phi) is 8.45.